The number of aryl methyl sites for hydroxylation is 2. The lowest BCUT2D eigenvalue weighted by molar-refractivity contribution is -0.111. The summed E-state index contributed by atoms with van der Waals surface area (Å²) < 4.78 is 13.1. The zero-order valence-corrected chi connectivity index (χ0v) is 22.3. The minimum atomic E-state index is -0.179. The van der Waals surface area contributed by atoms with Gasteiger partial charge in [0.2, 0.25) is 5.78 Å². The number of carbonyl (C=O) groups is 1. The Morgan fingerprint density at radius 2 is 1.69 bits per heavy atom. The number of nitrogens with zero attached hydrogens (tertiary/aromatic N) is 1. The molecule has 1 N–H and O–H groups in total. The predicted molar refractivity (Wildman–Crippen MR) is 147 cm³/mol. The molecular formula is C31H35NO4. The van der Waals surface area contributed by atoms with Gasteiger partial charge in [0.1, 0.15) is 17.3 Å². The molecule has 2 aromatic carbocycles. The molecular weight excluding hydrogens is 450 g/mol. The average Bonchev–Trinajstić information content (AvgIpc) is 3.11. The Kier molecular flexibility index (Phi) is 6.85. The zero-order valence-electron chi connectivity index (χ0n) is 22.3. The van der Waals surface area contributed by atoms with E-state index in [1.807, 2.05) is 57.2 Å². The molecule has 0 amide bonds. The van der Waals surface area contributed by atoms with E-state index in [2.05, 4.69) is 25.0 Å². The van der Waals surface area contributed by atoms with Gasteiger partial charge in [-0.2, -0.15) is 0 Å². The third-order valence-corrected chi connectivity index (χ3v) is 7.03. The summed E-state index contributed by atoms with van der Waals surface area (Å²) in [6.45, 7) is 15.2. The van der Waals surface area contributed by atoms with E-state index in [-0.39, 0.29) is 11.5 Å². The van der Waals surface area contributed by atoms with Crippen LogP contribution >= 0.6 is 0 Å². The van der Waals surface area contributed by atoms with Gasteiger partial charge in [-0.15, -0.1) is 0 Å². The van der Waals surface area contributed by atoms with Gasteiger partial charge in [-0.25, -0.2) is 0 Å². The fourth-order valence-electron chi connectivity index (χ4n) is 5.02. The van der Waals surface area contributed by atoms with Crippen molar-refractivity contribution >= 4 is 27.8 Å². The molecule has 0 saturated carbocycles. The second-order valence-corrected chi connectivity index (χ2v) is 9.94. The van der Waals surface area contributed by atoms with Crippen molar-refractivity contribution in [2.45, 2.75) is 47.6 Å². The molecule has 1 aliphatic carbocycles. The molecule has 1 aromatic heterocycles. The summed E-state index contributed by atoms with van der Waals surface area (Å²) >= 11 is 0. The van der Waals surface area contributed by atoms with Gasteiger partial charge < -0.3 is 19.1 Å². The molecule has 0 bridgehead atoms. The number of fused-ring (bicyclic) bond motifs is 1. The molecule has 3 aromatic rings. The monoisotopic (exact) mass is 485 g/mol. The number of ether oxygens (including phenoxy) is 2. The highest BCUT2D eigenvalue weighted by Crippen LogP contribution is 2.47. The van der Waals surface area contributed by atoms with Crippen LogP contribution in [0.15, 0.2) is 59.9 Å². The first kappa shape index (κ1) is 25.4. The number of allylic oxidation sites excluding steroid dienone is 4. The summed E-state index contributed by atoms with van der Waals surface area (Å²) in [5.74, 6) is 1.76. The Morgan fingerprint density at radius 1 is 1.06 bits per heavy atom. The highest BCUT2D eigenvalue weighted by atomic mass is 16.5. The quantitative estimate of drug-likeness (QED) is 0.343. The van der Waals surface area contributed by atoms with Crippen molar-refractivity contribution in [2.24, 2.45) is 5.92 Å². The lowest BCUT2D eigenvalue weighted by atomic mass is 9.76. The van der Waals surface area contributed by atoms with Gasteiger partial charge in [0.25, 0.3) is 0 Å². The van der Waals surface area contributed by atoms with E-state index in [1.54, 1.807) is 14.2 Å². The van der Waals surface area contributed by atoms with Crippen LogP contribution in [0.2, 0.25) is 0 Å². The van der Waals surface area contributed by atoms with Gasteiger partial charge >= 0.3 is 0 Å². The highest BCUT2D eigenvalue weighted by Gasteiger charge is 2.40. The first-order valence-electron chi connectivity index (χ1n) is 12.3. The van der Waals surface area contributed by atoms with Crippen LogP contribution in [0.3, 0.4) is 0 Å². The molecule has 188 valence electrons. The number of rotatable bonds is 8. The van der Waals surface area contributed by atoms with E-state index in [4.69, 9.17) is 9.47 Å². The number of aliphatic hydroxyl groups excluding tert-OH is 1. The van der Waals surface area contributed by atoms with E-state index in [0.717, 1.165) is 46.3 Å². The van der Waals surface area contributed by atoms with E-state index in [0.29, 0.717) is 39.7 Å². The fraction of sp³-hybridized carbons (Fsp3) is 0.323. The molecule has 5 nitrogen and oxygen atoms in total. The van der Waals surface area contributed by atoms with Crippen LogP contribution in [0, 0.1) is 19.8 Å². The molecule has 0 atom stereocenters. The zero-order chi connectivity index (χ0) is 26.3. The maximum absolute atomic E-state index is 13.8. The smallest absolute Gasteiger partial charge is 0.201 e. The number of hydrogen-bond donors (Lipinski definition) is 1. The molecule has 0 fully saturated rings. The Balaban J connectivity index is 1.97. The van der Waals surface area contributed by atoms with Crippen LogP contribution in [0.4, 0.5) is 0 Å². The van der Waals surface area contributed by atoms with Gasteiger partial charge in [0.05, 0.1) is 25.4 Å². The number of aromatic nitrogens is 1. The number of benzene rings is 2. The molecule has 4 rings (SSSR count). The second kappa shape index (κ2) is 9.73. The molecule has 5 heteroatoms. The minimum Gasteiger partial charge on any atom is -0.506 e. The second-order valence-electron chi connectivity index (χ2n) is 9.94. The van der Waals surface area contributed by atoms with E-state index in [1.165, 1.54) is 0 Å². The summed E-state index contributed by atoms with van der Waals surface area (Å²) in [7, 11) is 3.24. The largest absolute Gasteiger partial charge is 0.506 e. The van der Waals surface area contributed by atoms with Crippen molar-refractivity contribution in [3.8, 4) is 11.5 Å². The first-order chi connectivity index (χ1) is 17.1. The maximum Gasteiger partial charge on any atom is 0.201 e. The van der Waals surface area contributed by atoms with Crippen LogP contribution in [0.25, 0.3) is 22.0 Å². The van der Waals surface area contributed by atoms with Gasteiger partial charge in [-0.1, -0.05) is 26.5 Å². The van der Waals surface area contributed by atoms with Gasteiger partial charge in [0, 0.05) is 28.7 Å². The van der Waals surface area contributed by atoms with Crippen LogP contribution in [0.5, 0.6) is 11.5 Å². The summed E-state index contributed by atoms with van der Waals surface area (Å²) in [4.78, 5) is 13.8. The SMILES string of the molecule is C=C(C)/C(=C1/C(=O)C(c2c(C)n(CCC(C)C)c3ccc(OC)cc23)=C1O)c1cc(OC)ccc1C. The van der Waals surface area contributed by atoms with Crippen molar-refractivity contribution in [1.29, 1.82) is 0 Å². The summed E-state index contributed by atoms with van der Waals surface area (Å²) in [5, 5.41) is 12.3. The van der Waals surface area contributed by atoms with Crippen molar-refractivity contribution in [3.05, 3.63) is 82.3 Å². The molecule has 36 heavy (non-hydrogen) atoms. The summed E-state index contributed by atoms with van der Waals surface area (Å²) in [6, 6.07) is 11.6. The number of Topliss-reactive ketones (excluding diaryl/α,β-unsaturated/α-hetero) is 1. The van der Waals surface area contributed by atoms with Crippen molar-refractivity contribution in [1.82, 2.24) is 4.57 Å². The fourth-order valence-corrected chi connectivity index (χ4v) is 5.02. The van der Waals surface area contributed by atoms with Gasteiger partial charge in [-0.05, 0) is 85.7 Å². The third-order valence-electron chi connectivity index (χ3n) is 7.03. The van der Waals surface area contributed by atoms with Crippen molar-refractivity contribution < 1.29 is 19.4 Å². The van der Waals surface area contributed by atoms with Crippen LogP contribution in [-0.2, 0) is 11.3 Å². The Morgan fingerprint density at radius 3 is 2.28 bits per heavy atom. The standard InChI is InChI=1S/C31H35NO4/c1-17(2)13-14-32-20(6)27(24-16-22(36-8)11-12-25(24)32)29-30(33)28(31(29)34)26(18(3)4)23-15-21(35-7)10-9-19(23)5/h9-12,15-17,33H,3,13-14H2,1-2,4-8H3/b28-26-. The number of methoxy groups -OCH3 is 2. The summed E-state index contributed by atoms with van der Waals surface area (Å²) in [5.41, 5.74) is 6.56. The number of aliphatic hydroxyl groups is 1. The van der Waals surface area contributed by atoms with Crippen LogP contribution in [0.1, 0.15) is 49.6 Å². The molecule has 0 spiro atoms. The number of carbonyl (C=O) groups excluding carboxylic acids is 1. The number of hydrogen-bond acceptors (Lipinski definition) is 4. The molecule has 0 saturated heterocycles. The maximum atomic E-state index is 13.8. The van der Waals surface area contributed by atoms with Crippen LogP contribution in [-0.4, -0.2) is 29.7 Å². The minimum absolute atomic E-state index is 0.00838. The highest BCUT2D eigenvalue weighted by molar-refractivity contribution is 6.43. The molecule has 0 aliphatic heterocycles. The van der Waals surface area contributed by atoms with E-state index < -0.39 is 0 Å². The van der Waals surface area contributed by atoms with E-state index >= 15 is 0 Å². The van der Waals surface area contributed by atoms with Crippen molar-refractivity contribution in [2.75, 3.05) is 14.2 Å². The Labute approximate surface area is 213 Å². The summed E-state index contributed by atoms with van der Waals surface area (Å²) in [6.07, 6.45) is 1.01. The topological polar surface area (TPSA) is 60.7 Å². The molecule has 0 radical (unpaired) electrons. The Hall–Kier alpha value is -3.73. The van der Waals surface area contributed by atoms with Gasteiger partial charge in [0.15, 0.2) is 0 Å². The number of ketones is 1. The van der Waals surface area contributed by atoms with Crippen molar-refractivity contribution in [3.63, 3.8) is 0 Å². The molecule has 0 unspecified atom stereocenters. The average molecular weight is 486 g/mol. The van der Waals surface area contributed by atoms with Crippen LogP contribution < -0.4 is 9.47 Å². The molecule has 1 heterocycles. The van der Waals surface area contributed by atoms with Gasteiger partial charge in [-0.3, -0.25) is 4.79 Å². The lowest BCUT2D eigenvalue weighted by Gasteiger charge is -2.26. The third kappa shape index (κ3) is 4.13. The first-order valence-corrected chi connectivity index (χ1v) is 12.3. The normalized spacial score (nSPS) is 14.9. The predicted octanol–water partition coefficient (Wildman–Crippen LogP) is 7.20. The lowest BCUT2D eigenvalue weighted by Crippen LogP contribution is -2.23. The molecule has 1 aliphatic rings. The Bertz CT molecular complexity index is 1450. The van der Waals surface area contributed by atoms with E-state index in [9.17, 15) is 9.90 Å².